The molecule has 0 rings (SSSR count). The Morgan fingerprint density at radius 1 is 1.15 bits per heavy atom. The van der Waals surface area contributed by atoms with E-state index in [4.69, 9.17) is 5.73 Å². The maximum absolute atomic E-state index is 11.8. The molecule has 0 aliphatic carbocycles. The number of hydrogen-bond acceptors (Lipinski definition) is 3. The summed E-state index contributed by atoms with van der Waals surface area (Å²) >= 11 is 0. The third-order valence-electron chi connectivity index (χ3n) is 2.65. The van der Waals surface area contributed by atoms with E-state index in [2.05, 4.69) is 10.6 Å². The average molecular weight is 297 g/mol. The Morgan fingerprint density at radius 3 is 2.25 bits per heavy atom. The number of nitrogens with two attached hydrogens (primary N) is 1. The molecule has 0 saturated carbocycles. The second-order valence-corrected chi connectivity index (χ2v) is 4.91. The van der Waals surface area contributed by atoms with Crippen LogP contribution >= 0.6 is 0 Å². The molecule has 8 heteroatoms. The highest BCUT2D eigenvalue weighted by atomic mass is 19.4. The first kappa shape index (κ1) is 18.7. The SMILES string of the molecule is CC(C)[C@H](N)C(=O)NCC(=O)NCCCCC(F)(F)F. The Morgan fingerprint density at radius 2 is 1.75 bits per heavy atom. The number of nitrogens with one attached hydrogen (secondary N) is 2. The molecule has 0 aromatic carbocycles. The summed E-state index contributed by atoms with van der Waals surface area (Å²) in [6, 6.07) is -0.686. The van der Waals surface area contributed by atoms with Gasteiger partial charge in [0.25, 0.3) is 0 Å². The van der Waals surface area contributed by atoms with Crippen molar-refractivity contribution in [3.8, 4) is 0 Å². The Hall–Kier alpha value is -1.31. The summed E-state index contributed by atoms with van der Waals surface area (Å²) in [7, 11) is 0. The van der Waals surface area contributed by atoms with Gasteiger partial charge in [-0.15, -0.1) is 0 Å². The highest BCUT2D eigenvalue weighted by molar-refractivity contribution is 5.87. The smallest absolute Gasteiger partial charge is 0.355 e. The van der Waals surface area contributed by atoms with Crippen LogP contribution in [0.3, 0.4) is 0 Å². The predicted molar refractivity (Wildman–Crippen MR) is 68.7 cm³/mol. The third kappa shape index (κ3) is 9.60. The highest BCUT2D eigenvalue weighted by Gasteiger charge is 2.25. The van der Waals surface area contributed by atoms with Gasteiger partial charge in [0.1, 0.15) is 0 Å². The van der Waals surface area contributed by atoms with Crippen molar-refractivity contribution in [1.82, 2.24) is 10.6 Å². The van der Waals surface area contributed by atoms with Crippen LogP contribution in [0, 0.1) is 5.92 Å². The average Bonchev–Trinajstić information content (AvgIpc) is 2.32. The van der Waals surface area contributed by atoms with Crippen LogP contribution in [0.1, 0.15) is 33.1 Å². The maximum atomic E-state index is 11.8. The molecule has 20 heavy (non-hydrogen) atoms. The minimum absolute atomic E-state index is 0.0334. The predicted octanol–water partition coefficient (Wildman–Crippen LogP) is 0.935. The van der Waals surface area contributed by atoms with Gasteiger partial charge >= 0.3 is 6.18 Å². The molecule has 1 atom stereocenters. The molecular weight excluding hydrogens is 275 g/mol. The lowest BCUT2D eigenvalue weighted by Gasteiger charge is -2.15. The fourth-order valence-electron chi connectivity index (χ4n) is 1.33. The molecule has 0 aromatic heterocycles. The molecule has 0 saturated heterocycles. The molecule has 0 fully saturated rings. The number of carbonyl (C=O) groups is 2. The Balaban J connectivity index is 3.67. The molecule has 5 nitrogen and oxygen atoms in total. The number of alkyl halides is 3. The zero-order chi connectivity index (χ0) is 15.8. The van der Waals surface area contributed by atoms with Gasteiger partial charge in [0.2, 0.25) is 11.8 Å². The molecule has 0 heterocycles. The van der Waals surface area contributed by atoms with Crippen molar-refractivity contribution in [3.05, 3.63) is 0 Å². The van der Waals surface area contributed by atoms with Crippen LogP contribution in [0.5, 0.6) is 0 Å². The van der Waals surface area contributed by atoms with E-state index in [1.54, 1.807) is 13.8 Å². The lowest BCUT2D eigenvalue weighted by atomic mass is 10.1. The number of unbranched alkanes of at least 4 members (excludes halogenated alkanes) is 1. The van der Waals surface area contributed by atoms with Crippen LogP contribution in [0.4, 0.5) is 13.2 Å². The minimum Gasteiger partial charge on any atom is -0.355 e. The first-order valence-electron chi connectivity index (χ1n) is 6.50. The standard InChI is InChI=1S/C12H22F3N3O2/c1-8(2)10(16)11(20)18-7-9(19)17-6-4-3-5-12(13,14)15/h8,10H,3-7,16H2,1-2H3,(H,17,19)(H,18,20)/t10-/m0/s1. The molecular formula is C12H22F3N3O2. The van der Waals surface area contributed by atoms with Gasteiger partial charge in [-0.05, 0) is 18.8 Å². The van der Waals surface area contributed by atoms with Gasteiger partial charge in [-0.2, -0.15) is 13.2 Å². The normalized spacial score (nSPS) is 13.2. The number of hydrogen-bond donors (Lipinski definition) is 3. The molecule has 0 aromatic rings. The van der Waals surface area contributed by atoms with E-state index in [1.807, 2.05) is 0 Å². The van der Waals surface area contributed by atoms with Gasteiger partial charge in [0.15, 0.2) is 0 Å². The topological polar surface area (TPSA) is 84.2 Å². The maximum Gasteiger partial charge on any atom is 0.389 e. The summed E-state index contributed by atoms with van der Waals surface area (Å²) in [4.78, 5) is 22.7. The first-order valence-corrected chi connectivity index (χ1v) is 6.50. The monoisotopic (exact) mass is 297 g/mol. The lowest BCUT2D eigenvalue weighted by Crippen LogP contribution is -2.47. The quantitative estimate of drug-likeness (QED) is 0.583. The Bertz CT molecular complexity index is 320. The number of rotatable bonds is 8. The van der Waals surface area contributed by atoms with Gasteiger partial charge in [0, 0.05) is 13.0 Å². The van der Waals surface area contributed by atoms with Crippen LogP contribution in [-0.4, -0.2) is 37.1 Å². The van der Waals surface area contributed by atoms with Crippen LogP contribution in [-0.2, 0) is 9.59 Å². The van der Waals surface area contributed by atoms with E-state index in [0.717, 1.165) is 0 Å². The molecule has 0 bridgehead atoms. The summed E-state index contributed by atoms with van der Waals surface area (Å²) in [5.41, 5.74) is 5.58. The van der Waals surface area contributed by atoms with Gasteiger partial charge < -0.3 is 16.4 Å². The molecule has 0 aliphatic heterocycles. The van der Waals surface area contributed by atoms with Crippen LogP contribution < -0.4 is 16.4 Å². The van der Waals surface area contributed by atoms with Crippen molar-refractivity contribution in [1.29, 1.82) is 0 Å². The van der Waals surface area contributed by atoms with E-state index in [-0.39, 0.29) is 31.8 Å². The summed E-state index contributed by atoms with van der Waals surface area (Å²) in [6.45, 7) is 3.50. The van der Waals surface area contributed by atoms with Crippen molar-refractivity contribution >= 4 is 11.8 Å². The zero-order valence-electron chi connectivity index (χ0n) is 11.7. The van der Waals surface area contributed by atoms with E-state index >= 15 is 0 Å². The molecule has 118 valence electrons. The molecule has 0 unspecified atom stereocenters. The van der Waals surface area contributed by atoms with Gasteiger partial charge in [-0.1, -0.05) is 13.8 Å². The Labute approximate surface area is 116 Å². The largest absolute Gasteiger partial charge is 0.389 e. The number of halogens is 3. The molecule has 0 radical (unpaired) electrons. The van der Waals surface area contributed by atoms with Crippen molar-refractivity contribution in [2.45, 2.75) is 45.3 Å². The first-order chi connectivity index (χ1) is 9.13. The van der Waals surface area contributed by atoms with E-state index in [1.165, 1.54) is 0 Å². The second-order valence-electron chi connectivity index (χ2n) is 4.91. The fourth-order valence-corrected chi connectivity index (χ4v) is 1.33. The van der Waals surface area contributed by atoms with E-state index in [0.29, 0.717) is 0 Å². The Kier molecular flexibility index (Phi) is 8.21. The molecule has 2 amide bonds. The number of amides is 2. The van der Waals surface area contributed by atoms with Crippen molar-refractivity contribution in [3.63, 3.8) is 0 Å². The van der Waals surface area contributed by atoms with Crippen LogP contribution in [0.2, 0.25) is 0 Å². The van der Waals surface area contributed by atoms with Gasteiger partial charge in [-0.25, -0.2) is 0 Å². The highest BCUT2D eigenvalue weighted by Crippen LogP contribution is 2.21. The third-order valence-corrected chi connectivity index (χ3v) is 2.65. The lowest BCUT2D eigenvalue weighted by molar-refractivity contribution is -0.135. The van der Waals surface area contributed by atoms with Crippen molar-refractivity contribution < 1.29 is 22.8 Å². The van der Waals surface area contributed by atoms with Crippen LogP contribution in [0.15, 0.2) is 0 Å². The minimum atomic E-state index is -4.16. The summed E-state index contributed by atoms with van der Waals surface area (Å²) < 4.78 is 35.5. The van der Waals surface area contributed by atoms with E-state index < -0.39 is 30.5 Å². The van der Waals surface area contributed by atoms with Crippen molar-refractivity contribution in [2.75, 3.05) is 13.1 Å². The molecule has 0 aliphatic rings. The van der Waals surface area contributed by atoms with E-state index in [9.17, 15) is 22.8 Å². The zero-order valence-corrected chi connectivity index (χ0v) is 11.7. The van der Waals surface area contributed by atoms with Gasteiger partial charge in [0.05, 0.1) is 12.6 Å². The summed E-state index contributed by atoms with van der Waals surface area (Å²) in [5.74, 6) is -0.908. The summed E-state index contributed by atoms with van der Waals surface area (Å²) in [6.07, 6.45) is -4.81. The number of carbonyl (C=O) groups excluding carboxylic acids is 2. The molecule has 0 spiro atoms. The second kappa shape index (κ2) is 8.78. The fraction of sp³-hybridized carbons (Fsp3) is 0.833. The molecule has 4 N–H and O–H groups in total. The summed E-state index contributed by atoms with van der Waals surface area (Å²) in [5, 5.41) is 4.80. The van der Waals surface area contributed by atoms with Crippen LogP contribution in [0.25, 0.3) is 0 Å². The van der Waals surface area contributed by atoms with Crippen molar-refractivity contribution in [2.24, 2.45) is 11.7 Å². The van der Waals surface area contributed by atoms with Gasteiger partial charge in [-0.3, -0.25) is 9.59 Å².